The van der Waals surface area contributed by atoms with Crippen LogP contribution in [-0.4, -0.2) is 26.1 Å². The summed E-state index contributed by atoms with van der Waals surface area (Å²) in [4.78, 5) is 0. The molecule has 0 aliphatic rings. The van der Waals surface area contributed by atoms with Crippen LogP contribution in [0.3, 0.4) is 0 Å². The average Bonchev–Trinajstić information content (AvgIpc) is 2.24. The summed E-state index contributed by atoms with van der Waals surface area (Å²) >= 11 is 0. The van der Waals surface area contributed by atoms with Gasteiger partial charge in [0.2, 0.25) is 0 Å². The van der Waals surface area contributed by atoms with Crippen molar-refractivity contribution >= 4 is 0 Å². The largest absolute Gasteiger partial charge is 0.522 e. The molecule has 0 aliphatic carbocycles. The molecule has 6 heteroatoms. The van der Waals surface area contributed by atoms with Crippen LogP contribution in [0.15, 0.2) is 24.3 Å². The van der Waals surface area contributed by atoms with Crippen molar-refractivity contribution in [2.24, 2.45) is 0 Å². The van der Waals surface area contributed by atoms with Crippen molar-refractivity contribution in [3.05, 3.63) is 35.6 Å². The van der Waals surface area contributed by atoms with Crippen LogP contribution in [0, 0.1) is 5.82 Å². The molecule has 0 spiro atoms. The topological polar surface area (TPSA) is 21.3 Å². The second-order valence-corrected chi connectivity index (χ2v) is 3.39. The molecule has 0 aromatic heterocycles. The smallest absolute Gasteiger partial charge is 0.314 e. The van der Waals surface area contributed by atoms with Gasteiger partial charge in [-0.1, -0.05) is 18.2 Å². The molecule has 1 aromatic rings. The van der Waals surface area contributed by atoms with Crippen LogP contribution in [0.5, 0.6) is 0 Å². The summed E-state index contributed by atoms with van der Waals surface area (Å²) in [7, 11) is 0. The Morgan fingerprint density at radius 1 is 1.12 bits per heavy atom. The third-order valence-corrected chi connectivity index (χ3v) is 2.07. The Kier molecular flexibility index (Phi) is 5.37. The minimum absolute atomic E-state index is 0.0773. The highest BCUT2D eigenvalue weighted by Gasteiger charge is 2.28. The Hall–Kier alpha value is -1.14. The summed E-state index contributed by atoms with van der Waals surface area (Å²) in [5, 5.41) is 2.74. The van der Waals surface area contributed by atoms with Gasteiger partial charge in [0.15, 0.2) is 0 Å². The van der Waals surface area contributed by atoms with Gasteiger partial charge >= 0.3 is 6.36 Å². The highest BCUT2D eigenvalue weighted by Crippen LogP contribution is 2.15. The molecule has 2 nitrogen and oxygen atoms in total. The predicted molar refractivity (Wildman–Crippen MR) is 55.0 cm³/mol. The molecule has 0 fully saturated rings. The maximum atomic E-state index is 13.1. The fraction of sp³-hybridized carbons (Fsp3) is 0.455. The number of ether oxygens (including phenoxy) is 1. The number of nitrogens with one attached hydrogen (secondary N) is 1. The van der Waals surface area contributed by atoms with E-state index in [0.717, 1.165) is 0 Å². The quantitative estimate of drug-likeness (QED) is 0.619. The minimum atomic E-state index is -4.59. The summed E-state index contributed by atoms with van der Waals surface area (Å²) in [6.45, 7) is 0.0386. The molecule has 0 heterocycles. The molecule has 0 radical (unpaired) electrons. The van der Waals surface area contributed by atoms with E-state index in [1.165, 1.54) is 6.07 Å². The maximum absolute atomic E-state index is 13.1. The van der Waals surface area contributed by atoms with Crippen molar-refractivity contribution in [3.63, 3.8) is 0 Å². The van der Waals surface area contributed by atoms with Gasteiger partial charge in [-0.2, -0.15) is 0 Å². The second kappa shape index (κ2) is 6.56. The maximum Gasteiger partial charge on any atom is 0.522 e. The first kappa shape index (κ1) is 13.9. The van der Waals surface area contributed by atoms with Gasteiger partial charge < -0.3 is 5.32 Å². The fourth-order valence-electron chi connectivity index (χ4n) is 1.29. The van der Waals surface area contributed by atoms with Gasteiger partial charge in [0.1, 0.15) is 5.82 Å². The number of alkyl halides is 3. The summed E-state index contributed by atoms with van der Waals surface area (Å²) in [6.07, 6.45) is -4.16. The Bertz CT molecular complexity index is 340. The molecule has 1 rings (SSSR count). The van der Waals surface area contributed by atoms with Gasteiger partial charge in [-0.15, -0.1) is 13.2 Å². The summed E-state index contributed by atoms with van der Waals surface area (Å²) < 4.78 is 51.4. The SMILES string of the molecule is Fc1ccccc1CCNCCOC(F)(F)F. The Morgan fingerprint density at radius 3 is 2.47 bits per heavy atom. The molecular formula is C11H13F4NO. The van der Waals surface area contributed by atoms with Crippen molar-refractivity contribution in [3.8, 4) is 0 Å². The fourth-order valence-corrected chi connectivity index (χ4v) is 1.29. The van der Waals surface area contributed by atoms with Crippen molar-refractivity contribution in [2.45, 2.75) is 12.8 Å². The van der Waals surface area contributed by atoms with E-state index in [0.29, 0.717) is 18.5 Å². The zero-order chi connectivity index (χ0) is 12.7. The third-order valence-electron chi connectivity index (χ3n) is 2.07. The van der Waals surface area contributed by atoms with E-state index in [1.807, 2.05) is 0 Å². The summed E-state index contributed by atoms with van der Waals surface area (Å²) in [6, 6.07) is 6.29. The highest BCUT2D eigenvalue weighted by atomic mass is 19.4. The van der Waals surface area contributed by atoms with E-state index in [1.54, 1.807) is 18.2 Å². The van der Waals surface area contributed by atoms with E-state index in [9.17, 15) is 17.6 Å². The van der Waals surface area contributed by atoms with Crippen LogP contribution in [0.2, 0.25) is 0 Å². The van der Waals surface area contributed by atoms with Gasteiger partial charge in [0.25, 0.3) is 0 Å². The van der Waals surface area contributed by atoms with Crippen molar-refractivity contribution in [1.82, 2.24) is 5.32 Å². The van der Waals surface area contributed by atoms with Crippen LogP contribution in [-0.2, 0) is 11.2 Å². The van der Waals surface area contributed by atoms with E-state index in [4.69, 9.17) is 0 Å². The molecule has 1 N–H and O–H groups in total. The molecule has 1 aromatic carbocycles. The van der Waals surface area contributed by atoms with E-state index >= 15 is 0 Å². The van der Waals surface area contributed by atoms with E-state index in [2.05, 4.69) is 10.1 Å². The molecule has 17 heavy (non-hydrogen) atoms. The van der Waals surface area contributed by atoms with Gasteiger partial charge in [-0.25, -0.2) is 4.39 Å². The van der Waals surface area contributed by atoms with Crippen molar-refractivity contribution in [1.29, 1.82) is 0 Å². The standard InChI is InChI=1S/C11H13F4NO/c12-10-4-2-1-3-9(10)5-6-16-7-8-17-11(13,14)15/h1-4,16H,5-8H2. The lowest BCUT2D eigenvalue weighted by molar-refractivity contribution is -0.323. The normalized spacial score (nSPS) is 11.8. The molecule has 0 atom stereocenters. The average molecular weight is 251 g/mol. The summed E-state index contributed by atoms with van der Waals surface area (Å²) in [5.74, 6) is -0.305. The first-order chi connectivity index (χ1) is 7.99. The molecule has 0 bridgehead atoms. The van der Waals surface area contributed by atoms with Crippen LogP contribution in [0.25, 0.3) is 0 Å². The van der Waals surface area contributed by atoms with Crippen molar-refractivity contribution in [2.75, 3.05) is 19.7 Å². The number of rotatable bonds is 6. The lowest BCUT2D eigenvalue weighted by atomic mass is 10.1. The molecule has 0 amide bonds. The monoisotopic (exact) mass is 251 g/mol. The zero-order valence-corrected chi connectivity index (χ0v) is 9.06. The van der Waals surface area contributed by atoms with Gasteiger partial charge in [-0.3, -0.25) is 4.74 Å². The minimum Gasteiger partial charge on any atom is -0.314 e. The van der Waals surface area contributed by atoms with Crippen LogP contribution < -0.4 is 5.32 Å². The number of hydrogen-bond donors (Lipinski definition) is 1. The van der Waals surface area contributed by atoms with Gasteiger partial charge in [0, 0.05) is 6.54 Å². The Morgan fingerprint density at radius 2 is 1.82 bits per heavy atom. The van der Waals surface area contributed by atoms with Crippen LogP contribution in [0.4, 0.5) is 17.6 Å². The van der Waals surface area contributed by atoms with E-state index in [-0.39, 0.29) is 12.4 Å². The first-order valence-electron chi connectivity index (χ1n) is 5.14. The molecule has 0 aliphatic heterocycles. The number of halogens is 4. The molecule has 96 valence electrons. The van der Waals surface area contributed by atoms with Crippen molar-refractivity contribution < 1.29 is 22.3 Å². The zero-order valence-electron chi connectivity index (χ0n) is 9.06. The Labute approximate surface area is 96.6 Å². The molecular weight excluding hydrogens is 238 g/mol. The number of benzene rings is 1. The molecule has 0 saturated carbocycles. The van der Waals surface area contributed by atoms with Gasteiger partial charge in [0.05, 0.1) is 6.61 Å². The highest BCUT2D eigenvalue weighted by molar-refractivity contribution is 5.17. The molecule has 0 saturated heterocycles. The lowest BCUT2D eigenvalue weighted by Crippen LogP contribution is -2.25. The van der Waals surface area contributed by atoms with E-state index < -0.39 is 13.0 Å². The summed E-state index contributed by atoms with van der Waals surface area (Å²) in [5.41, 5.74) is 0.539. The third kappa shape index (κ3) is 6.23. The predicted octanol–water partition coefficient (Wildman–Crippen LogP) is 2.49. The Balaban J connectivity index is 2.11. The first-order valence-corrected chi connectivity index (χ1v) is 5.14. The van der Waals surface area contributed by atoms with Crippen LogP contribution in [0.1, 0.15) is 5.56 Å². The number of hydrogen-bond acceptors (Lipinski definition) is 2. The van der Waals surface area contributed by atoms with Crippen LogP contribution >= 0.6 is 0 Å². The molecule has 0 unspecified atom stereocenters. The second-order valence-electron chi connectivity index (χ2n) is 3.39. The van der Waals surface area contributed by atoms with Gasteiger partial charge in [-0.05, 0) is 24.6 Å². The lowest BCUT2D eigenvalue weighted by Gasteiger charge is -2.08.